The van der Waals surface area contributed by atoms with Gasteiger partial charge in [-0.1, -0.05) is 11.6 Å². The minimum atomic E-state index is -0.524. The van der Waals surface area contributed by atoms with Gasteiger partial charge in [-0.2, -0.15) is 5.43 Å². The maximum atomic E-state index is 11.2. The van der Waals surface area contributed by atoms with Gasteiger partial charge in [0.15, 0.2) is 0 Å². The SMILES string of the molecule is CN=C(/C(=N\Nc1ccc(Cl)cc1)[N+](=O)[O-])N1CCCC1. The Bertz CT molecular complexity index is 564. The highest BCUT2D eigenvalue weighted by molar-refractivity contribution is 6.37. The number of nitrogens with one attached hydrogen (secondary N) is 1. The van der Waals surface area contributed by atoms with Crippen LogP contribution in [-0.2, 0) is 0 Å². The van der Waals surface area contributed by atoms with Gasteiger partial charge in [0.1, 0.15) is 0 Å². The van der Waals surface area contributed by atoms with Gasteiger partial charge in [0.2, 0.25) is 5.84 Å². The van der Waals surface area contributed by atoms with Crippen molar-refractivity contribution in [3.8, 4) is 0 Å². The van der Waals surface area contributed by atoms with Crippen molar-refractivity contribution < 1.29 is 4.92 Å². The quantitative estimate of drug-likeness (QED) is 0.394. The summed E-state index contributed by atoms with van der Waals surface area (Å²) in [5, 5.41) is 15.7. The molecule has 0 radical (unpaired) electrons. The van der Waals surface area contributed by atoms with E-state index in [2.05, 4.69) is 15.5 Å². The van der Waals surface area contributed by atoms with Crippen LogP contribution < -0.4 is 5.43 Å². The molecule has 0 aromatic heterocycles. The Hall–Kier alpha value is -2.15. The number of anilines is 1. The third kappa shape index (κ3) is 3.91. The summed E-state index contributed by atoms with van der Waals surface area (Å²) >= 11 is 5.79. The van der Waals surface area contributed by atoms with Crippen LogP contribution >= 0.6 is 11.6 Å². The van der Waals surface area contributed by atoms with Gasteiger partial charge in [0.05, 0.1) is 10.8 Å². The average Bonchev–Trinajstić information content (AvgIpc) is 2.98. The Morgan fingerprint density at radius 2 is 1.95 bits per heavy atom. The van der Waals surface area contributed by atoms with Gasteiger partial charge in [-0.25, -0.2) is 0 Å². The van der Waals surface area contributed by atoms with Crippen LogP contribution in [0.4, 0.5) is 5.69 Å². The lowest BCUT2D eigenvalue weighted by atomic mass is 10.3. The second-order valence-corrected chi connectivity index (χ2v) is 4.99. The summed E-state index contributed by atoms with van der Waals surface area (Å²) < 4.78 is 0. The lowest BCUT2D eigenvalue weighted by Gasteiger charge is -2.16. The first-order valence-electron chi connectivity index (χ1n) is 6.57. The molecule has 8 heteroatoms. The Kier molecular flexibility index (Phi) is 5.10. The van der Waals surface area contributed by atoms with E-state index < -0.39 is 4.92 Å². The van der Waals surface area contributed by atoms with Crippen molar-refractivity contribution in [2.75, 3.05) is 25.6 Å². The summed E-state index contributed by atoms with van der Waals surface area (Å²) in [6, 6.07) is 6.76. The van der Waals surface area contributed by atoms with Gasteiger partial charge in [0.25, 0.3) is 0 Å². The first-order valence-corrected chi connectivity index (χ1v) is 6.95. The zero-order valence-electron chi connectivity index (χ0n) is 11.6. The van der Waals surface area contributed by atoms with E-state index in [1.165, 1.54) is 7.05 Å². The van der Waals surface area contributed by atoms with Crippen LogP contribution in [-0.4, -0.2) is 41.6 Å². The van der Waals surface area contributed by atoms with E-state index in [9.17, 15) is 10.1 Å². The molecular formula is C13H16ClN5O2. The van der Waals surface area contributed by atoms with Crippen molar-refractivity contribution in [1.82, 2.24) is 4.90 Å². The van der Waals surface area contributed by atoms with Crippen LogP contribution in [0.3, 0.4) is 0 Å². The average molecular weight is 310 g/mol. The number of hydrogen-bond acceptors (Lipinski definition) is 5. The normalized spacial score (nSPS) is 16.2. The van der Waals surface area contributed by atoms with Crippen LogP contribution in [0.25, 0.3) is 0 Å². The molecule has 1 aliphatic rings. The van der Waals surface area contributed by atoms with Gasteiger partial charge >= 0.3 is 5.84 Å². The van der Waals surface area contributed by atoms with E-state index >= 15 is 0 Å². The van der Waals surface area contributed by atoms with Gasteiger partial charge in [-0.3, -0.25) is 4.99 Å². The maximum Gasteiger partial charge on any atom is 0.430 e. The minimum Gasteiger partial charge on any atom is -0.358 e. The fourth-order valence-electron chi connectivity index (χ4n) is 2.13. The van der Waals surface area contributed by atoms with Crippen molar-refractivity contribution in [2.24, 2.45) is 10.1 Å². The number of nitrogens with zero attached hydrogens (tertiary/aromatic N) is 4. The zero-order valence-corrected chi connectivity index (χ0v) is 12.4. The van der Waals surface area contributed by atoms with Crippen LogP contribution in [0, 0.1) is 10.1 Å². The molecule has 1 N–H and O–H groups in total. The summed E-state index contributed by atoms with van der Waals surface area (Å²) in [5.41, 5.74) is 3.29. The topological polar surface area (TPSA) is 83.1 Å². The molecule has 1 saturated heterocycles. The van der Waals surface area contributed by atoms with E-state index in [-0.39, 0.29) is 5.84 Å². The number of rotatable bonds is 2. The molecule has 21 heavy (non-hydrogen) atoms. The van der Waals surface area contributed by atoms with Gasteiger partial charge in [-0.15, -0.1) is 0 Å². The first kappa shape index (κ1) is 15.2. The highest BCUT2D eigenvalue weighted by atomic mass is 35.5. The number of hydrogen-bond donors (Lipinski definition) is 1. The fraction of sp³-hybridized carbons (Fsp3) is 0.385. The van der Waals surface area contributed by atoms with Crippen molar-refractivity contribution in [3.63, 3.8) is 0 Å². The molecule has 112 valence electrons. The lowest BCUT2D eigenvalue weighted by molar-refractivity contribution is -0.346. The van der Waals surface area contributed by atoms with Crippen LogP contribution in [0.15, 0.2) is 34.4 Å². The van der Waals surface area contributed by atoms with Crippen molar-refractivity contribution >= 4 is 29.0 Å². The summed E-state index contributed by atoms with van der Waals surface area (Å²) in [4.78, 5) is 16.6. The van der Waals surface area contributed by atoms with E-state index in [1.807, 2.05) is 4.90 Å². The van der Waals surface area contributed by atoms with Crippen LogP contribution in [0.1, 0.15) is 12.8 Å². The summed E-state index contributed by atoms with van der Waals surface area (Å²) in [7, 11) is 1.54. The Morgan fingerprint density at radius 3 is 2.48 bits per heavy atom. The fourth-order valence-corrected chi connectivity index (χ4v) is 2.25. The van der Waals surface area contributed by atoms with Crippen LogP contribution in [0.5, 0.6) is 0 Å². The summed E-state index contributed by atoms with van der Waals surface area (Å²) in [5.74, 6) is 0.0216. The molecule has 1 fully saturated rings. The van der Waals surface area contributed by atoms with Crippen molar-refractivity contribution in [2.45, 2.75) is 12.8 Å². The van der Waals surface area contributed by atoms with Gasteiger partial charge in [-0.05, 0) is 42.0 Å². The molecule has 0 saturated carbocycles. The van der Waals surface area contributed by atoms with E-state index in [4.69, 9.17) is 11.6 Å². The molecule has 2 rings (SSSR count). The molecule has 0 atom stereocenters. The minimum absolute atomic E-state index is 0.283. The third-order valence-corrected chi connectivity index (χ3v) is 3.38. The smallest absolute Gasteiger partial charge is 0.358 e. The molecule has 0 unspecified atom stereocenters. The van der Waals surface area contributed by atoms with Gasteiger partial charge in [0, 0.05) is 25.2 Å². The second-order valence-electron chi connectivity index (χ2n) is 4.55. The van der Waals surface area contributed by atoms with Crippen molar-refractivity contribution in [1.29, 1.82) is 0 Å². The number of hydrazone groups is 1. The molecule has 1 aromatic rings. The summed E-state index contributed by atoms with van der Waals surface area (Å²) in [6.07, 6.45) is 2.02. The van der Waals surface area contributed by atoms with Crippen LogP contribution in [0.2, 0.25) is 5.02 Å². The number of benzene rings is 1. The monoisotopic (exact) mass is 309 g/mol. The predicted octanol–water partition coefficient (Wildman–Crippen LogP) is 2.47. The third-order valence-electron chi connectivity index (χ3n) is 3.13. The number of amidine groups is 2. The molecule has 0 amide bonds. The molecule has 0 bridgehead atoms. The number of halogens is 1. The predicted molar refractivity (Wildman–Crippen MR) is 83.7 cm³/mol. The van der Waals surface area contributed by atoms with E-state index in [1.54, 1.807) is 24.3 Å². The molecule has 1 aliphatic heterocycles. The molecule has 1 aromatic carbocycles. The summed E-state index contributed by atoms with van der Waals surface area (Å²) in [6.45, 7) is 1.53. The van der Waals surface area contributed by atoms with E-state index in [0.29, 0.717) is 16.5 Å². The number of likely N-dealkylation sites (tertiary alicyclic amines) is 1. The highest BCUT2D eigenvalue weighted by Crippen LogP contribution is 2.14. The molecule has 1 heterocycles. The van der Waals surface area contributed by atoms with Crippen molar-refractivity contribution in [3.05, 3.63) is 39.4 Å². The lowest BCUT2D eigenvalue weighted by Crippen LogP contribution is -2.38. The molecule has 0 aliphatic carbocycles. The Balaban J connectivity index is 2.19. The second kappa shape index (κ2) is 7.03. The molecular weight excluding hydrogens is 294 g/mol. The first-order chi connectivity index (χ1) is 10.1. The molecule has 7 nitrogen and oxygen atoms in total. The highest BCUT2D eigenvalue weighted by Gasteiger charge is 2.29. The Labute approximate surface area is 127 Å². The van der Waals surface area contributed by atoms with Gasteiger partial charge < -0.3 is 15.0 Å². The Morgan fingerprint density at radius 1 is 1.33 bits per heavy atom. The number of nitro groups is 1. The number of aliphatic imine (C=N–C) groups is 1. The largest absolute Gasteiger partial charge is 0.430 e. The van der Waals surface area contributed by atoms with E-state index in [0.717, 1.165) is 25.9 Å². The maximum absolute atomic E-state index is 11.2. The zero-order chi connectivity index (χ0) is 15.2. The standard InChI is InChI=1S/C13H16ClN5O2/c1-15-12(18-8-2-3-9-18)13(19(20)21)17-16-11-6-4-10(14)5-7-11/h4-7,16H,2-3,8-9H2,1H3/b15-12?,17-13+. The molecule has 0 spiro atoms.